The van der Waals surface area contributed by atoms with Gasteiger partial charge in [0.2, 0.25) is 5.91 Å². The second-order valence-electron chi connectivity index (χ2n) is 8.84. The van der Waals surface area contributed by atoms with Gasteiger partial charge in [-0.1, -0.05) is 69.3 Å². The predicted octanol–water partition coefficient (Wildman–Crippen LogP) is 4.17. The summed E-state index contributed by atoms with van der Waals surface area (Å²) in [5.41, 5.74) is 4.56. The third-order valence-corrected chi connectivity index (χ3v) is 5.99. The van der Waals surface area contributed by atoms with E-state index in [0.717, 1.165) is 22.3 Å². The molecule has 0 bridgehead atoms. The topological polar surface area (TPSA) is 105 Å². The Morgan fingerprint density at radius 3 is 2.09 bits per heavy atom. The van der Waals surface area contributed by atoms with Gasteiger partial charge in [0.1, 0.15) is 12.6 Å². The lowest BCUT2D eigenvalue weighted by Crippen LogP contribution is -2.46. The quantitative estimate of drug-likeness (QED) is 0.502. The largest absolute Gasteiger partial charge is 0.480 e. The van der Waals surface area contributed by atoms with Gasteiger partial charge >= 0.3 is 12.1 Å². The van der Waals surface area contributed by atoms with Crippen LogP contribution in [0.3, 0.4) is 0 Å². The lowest BCUT2D eigenvalue weighted by molar-refractivity contribution is -0.142. The van der Waals surface area contributed by atoms with Crippen molar-refractivity contribution >= 4 is 18.0 Å². The van der Waals surface area contributed by atoms with Crippen LogP contribution in [0.25, 0.3) is 11.1 Å². The summed E-state index contributed by atoms with van der Waals surface area (Å²) in [5.74, 6) is -1.83. The third-order valence-electron chi connectivity index (χ3n) is 5.99. The van der Waals surface area contributed by atoms with E-state index in [-0.39, 0.29) is 37.3 Å². The van der Waals surface area contributed by atoms with E-state index in [0.29, 0.717) is 6.42 Å². The van der Waals surface area contributed by atoms with Crippen LogP contribution < -0.4 is 10.6 Å². The average Bonchev–Trinajstić information content (AvgIpc) is 3.12. The highest BCUT2D eigenvalue weighted by atomic mass is 16.5. The normalized spacial score (nSPS) is 14.2. The summed E-state index contributed by atoms with van der Waals surface area (Å²) in [4.78, 5) is 36.4. The summed E-state index contributed by atoms with van der Waals surface area (Å²) in [6.07, 6.45) is 0.213. The molecule has 1 aliphatic carbocycles. The fraction of sp³-hybridized carbons (Fsp3) is 0.423. The molecule has 33 heavy (non-hydrogen) atoms. The van der Waals surface area contributed by atoms with Crippen LogP contribution in [0, 0.1) is 11.8 Å². The molecule has 2 aromatic rings. The number of aliphatic carboxylic acids is 1. The molecule has 0 fully saturated rings. The molecule has 176 valence electrons. The maximum atomic E-state index is 12.6. The van der Waals surface area contributed by atoms with Gasteiger partial charge < -0.3 is 20.5 Å². The van der Waals surface area contributed by atoms with Gasteiger partial charge in [0, 0.05) is 12.5 Å². The number of carbonyl (C=O) groups excluding carboxylic acids is 2. The Bertz CT molecular complexity index is 958. The molecule has 0 aliphatic heterocycles. The van der Waals surface area contributed by atoms with Crippen molar-refractivity contribution in [2.45, 2.75) is 45.6 Å². The first-order valence-corrected chi connectivity index (χ1v) is 11.4. The van der Waals surface area contributed by atoms with E-state index >= 15 is 0 Å². The lowest BCUT2D eigenvalue weighted by Gasteiger charge is -2.22. The number of hydrogen-bond donors (Lipinski definition) is 3. The minimum atomic E-state index is -1.07. The first-order chi connectivity index (χ1) is 15.8. The Kier molecular flexibility index (Phi) is 8.09. The van der Waals surface area contributed by atoms with Crippen molar-refractivity contribution < 1.29 is 24.2 Å². The summed E-state index contributed by atoms with van der Waals surface area (Å²) in [6, 6.07) is 15.3. The fourth-order valence-corrected chi connectivity index (χ4v) is 4.34. The fourth-order valence-electron chi connectivity index (χ4n) is 4.34. The summed E-state index contributed by atoms with van der Waals surface area (Å²) in [7, 11) is 0. The highest BCUT2D eigenvalue weighted by Crippen LogP contribution is 2.44. The maximum absolute atomic E-state index is 12.6. The molecule has 0 saturated heterocycles. The Hall–Kier alpha value is -3.35. The van der Waals surface area contributed by atoms with E-state index in [9.17, 15) is 19.5 Å². The van der Waals surface area contributed by atoms with Crippen LogP contribution in [0.4, 0.5) is 4.79 Å². The molecule has 7 nitrogen and oxygen atoms in total. The molecule has 2 amide bonds. The van der Waals surface area contributed by atoms with Crippen LogP contribution in [-0.2, 0) is 14.3 Å². The summed E-state index contributed by atoms with van der Waals surface area (Å²) in [6.45, 7) is 5.92. The van der Waals surface area contributed by atoms with Gasteiger partial charge in [-0.2, -0.15) is 0 Å². The van der Waals surface area contributed by atoms with Crippen LogP contribution in [0.1, 0.15) is 50.7 Å². The molecule has 1 aliphatic rings. The monoisotopic (exact) mass is 452 g/mol. The molecule has 7 heteroatoms. The van der Waals surface area contributed by atoms with Crippen LogP contribution in [-0.4, -0.2) is 42.3 Å². The first kappa shape index (κ1) is 24.3. The molecule has 1 unspecified atom stereocenters. The first-order valence-electron chi connectivity index (χ1n) is 11.4. The number of carboxylic acid groups (broad SMARTS) is 1. The number of carbonyl (C=O) groups is 3. The molecule has 0 aromatic heterocycles. The van der Waals surface area contributed by atoms with Gasteiger partial charge in [0.15, 0.2) is 0 Å². The molecule has 2 aromatic carbocycles. The zero-order valence-corrected chi connectivity index (χ0v) is 19.3. The van der Waals surface area contributed by atoms with Crippen molar-refractivity contribution in [1.29, 1.82) is 0 Å². The van der Waals surface area contributed by atoms with Crippen molar-refractivity contribution in [3.05, 3.63) is 59.7 Å². The molecule has 0 heterocycles. The van der Waals surface area contributed by atoms with E-state index in [4.69, 9.17) is 4.74 Å². The number of alkyl carbamates (subject to hydrolysis) is 1. The van der Waals surface area contributed by atoms with Gasteiger partial charge in [0.25, 0.3) is 0 Å². The summed E-state index contributed by atoms with van der Waals surface area (Å²) < 4.78 is 5.54. The Morgan fingerprint density at radius 2 is 1.58 bits per heavy atom. The number of ether oxygens (including phenoxy) is 1. The van der Waals surface area contributed by atoms with Crippen molar-refractivity contribution in [3.8, 4) is 11.1 Å². The minimum Gasteiger partial charge on any atom is -0.480 e. The number of nitrogens with one attached hydrogen (secondary N) is 2. The minimum absolute atomic E-state index is 0.0428. The smallest absolute Gasteiger partial charge is 0.407 e. The van der Waals surface area contributed by atoms with Crippen LogP contribution in [0.5, 0.6) is 0 Å². The molecule has 0 spiro atoms. The van der Waals surface area contributed by atoms with E-state index in [1.165, 1.54) is 0 Å². The number of fused-ring (bicyclic) bond motifs is 3. The Labute approximate surface area is 194 Å². The van der Waals surface area contributed by atoms with Crippen molar-refractivity contribution in [2.24, 2.45) is 11.8 Å². The molecular weight excluding hydrogens is 420 g/mol. The number of rotatable bonds is 10. The molecule has 3 N–H and O–H groups in total. The van der Waals surface area contributed by atoms with E-state index in [2.05, 4.69) is 34.9 Å². The molecule has 2 atom stereocenters. The second kappa shape index (κ2) is 11.0. The number of carboxylic acids is 1. The van der Waals surface area contributed by atoms with Crippen molar-refractivity contribution in [2.75, 3.05) is 13.2 Å². The second-order valence-corrected chi connectivity index (χ2v) is 8.84. The van der Waals surface area contributed by atoms with Gasteiger partial charge in [-0.15, -0.1) is 0 Å². The SMILES string of the molecule is CC[C@H](NC(=O)C(CNC(=O)OCC1c2ccccc2-c2ccccc21)CC(C)C)C(=O)O. The highest BCUT2D eigenvalue weighted by molar-refractivity contribution is 5.85. The standard InChI is InChI=1S/C26H32N2O5/c1-4-23(25(30)31)28-24(29)17(13-16(2)3)14-27-26(32)33-15-22-20-11-7-5-9-18(20)19-10-6-8-12-21(19)22/h5-12,16-17,22-23H,4,13-15H2,1-3H3,(H,27,32)(H,28,29)(H,30,31)/t17?,23-/m0/s1. The van der Waals surface area contributed by atoms with Gasteiger partial charge in [0.05, 0.1) is 5.92 Å². The average molecular weight is 453 g/mol. The summed E-state index contributed by atoms with van der Waals surface area (Å²) >= 11 is 0. The number of benzene rings is 2. The van der Waals surface area contributed by atoms with Gasteiger partial charge in [-0.25, -0.2) is 9.59 Å². The lowest BCUT2D eigenvalue weighted by atomic mass is 9.95. The molecular formula is C26H32N2O5. The molecule has 3 rings (SSSR count). The molecule has 0 saturated carbocycles. The highest BCUT2D eigenvalue weighted by Gasteiger charge is 2.29. The van der Waals surface area contributed by atoms with Crippen molar-refractivity contribution in [3.63, 3.8) is 0 Å². The summed E-state index contributed by atoms with van der Waals surface area (Å²) in [5, 5.41) is 14.5. The van der Waals surface area contributed by atoms with Gasteiger partial charge in [-0.3, -0.25) is 4.79 Å². The van der Waals surface area contributed by atoms with E-state index in [1.54, 1.807) is 6.92 Å². The Balaban J connectivity index is 1.59. The van der Waals surface area contributed by atoms with E-state index in [1.807, 2.05) is 38.1 Å². The number of amides is 2. The number of hydrogen-bond acceptors (Lipinski definition) is 4. The van der Waals surface area contributed by atoms with E-state index < -0.39 is 24.0 Å². The molecule has 0 radical (unpaired) electrons. The van der Waals surface area contributed by atoms with Crippen LogP contribution >= 0.6 is 0 Å². The van der Waals surface area contributed by atoms with Crippen molar-refractivity contribution in [1.82, 2.24) is 10.6 Å². The zero-order valence-electron chi connectivity index (χ0n) is 19.3. The zero-order chi connectivity index (χ0) is 24.0. The predicted molar refractivity (Wildman–Crippen MR) is 126 cm³/mol. The maximum Gasteiger partial charge on any atom is 0.407 e. The Morgan fingerprint density at radius 1 is 1.00 bits per heavy atom. The van der Waals surface area contributed by atoms with Crippen LogP contribution in [0.2, 0.25) is 0 Å². The van der Waals surface area contributed by atoms with Gasteiger partial charge in [-0.05, 0) is 41.0 Å². The van der Waals surface area contributed by atoms with Crippen LogP contribution in [0.15, 0.2) is 48.5 Å². The third kappa shape index (κ3) is 5.92.